The highest BCUT2D eigenvalue weighted by atomic mass is 16.6. The van der Waals surface area contributed by atoms with E-state index >= 15 is 0 Å². The van der Waals surface area contributed by atoms with Crippen LogP contribution in [-0.2, 0) is 14.3 Å². The van der Waals surface area contributed by atoms with Crippen LogP contribution < -0.4 is 0 Å². The molecule has 5 heteroatoms. The van der Waals surface area contributed by atoms with Crippen LogP contribution >= 0.6 is 0 Å². The Labute approximate surface area is 168 Å². The minimum absolute atomic E-state index is 0.0230. The molecule has 2 saturated heterocycles. The van der Waals surface area contributed by atoms with Gasteiger partial charge in [-0.3, -0.25) is 9.69 Å². The molecule has 156 valence electrons. The maximum absolute atomic E-state index is 13.8. The maximum Gasteiger partial charge on any atom is 0.410 e. The monoisotopic (exact) mass is 389 g/mol. The van der Waals surface area contributed by atoms with Crippen LogP contribution in [0.4, 0.5) is 4.79 Å². The Balaban J connectivity index is 1.32. The van der Waals surface area contributed by atoms with Crippen molar-refractivity contribution in [3.63, 3.8) is 0 Å². The number of ketones is 1. The number of carbonyl (C=O) groups excluding carboxylic acids is 2. The first-order valence-electron chi connectivity index (χ1n) is 11.4. The van der Waals surface area contributed by atoms with E-state index in [1.54, 1.807) is 0 Å². The molecule has 2 heterocycles. The molecule has 6 bridgehead atoms. The van der Waals surface area contributed by atoms with Crippen molar-refractivity contribution in [2.45, 2.75) is 89.8 Å². The quantitative estimate of drug-likeness (QED) is 0.711. The van der Waals surface area contributed by atoms with Gasteiger partial charge in [-0.05, 0) is 89.9 Å². The fourth-order valence-corrected chi connectivity index (χ4v) is 7.59. The highest BCUT2D eigenvalue weighted by Crippen LogP contribution is 2.61. The molecule has 2 atom stereocenters. The molecule has 2 aliphatic heterocycles. The number of rotatable bonds is 2. The van der Waals surface area contributed by atoms with Gasteiger partial charge in [0, 0.05) is 11.3 Å². The summed E-state index contributed by atoms with van der Waals surface area (Å²) in [7, 11) is 0. The summed E-state index contributed by atoms with van der Waals surface area (Å²) >= 11 is 0. The number of fused-ring (bicyclic) bond motifs is 2. The van der Waals surface area contributed by atoms with Crippen LogP contribution in [0.5, 0.6) is 0 Å². The van der Waals surface area contributed by atoms with Gasteiger partial charge in [0.05, 0.1) is 25.3 Å². The molecule has 0 spiro atoms. The molecule has 0 N–H and O–H groups in total. The number of amides is 1. The first-order valence-corrected chi connectivity index (χ1v) is 11.4. The average Bonchev–Trinajstić information content (AvgIpc) is 2.57. The summed E-state index contributed by atoms with van der Waals surface area (Å²) in [6.07, 6.45) is 8.74. The molecule has 0 radical (unpaired) electrons. The lowest BCUT2D eigenvalue weighted by molar-refractivity contribution is -0.155. The van der Waals surface area contributed by atoms with Crippen molar-refractivity contribution in [2.24, 2.45) is 29.1 Å². The molecule has 0 aromatic carbocycles. The van der Waals surface area contributed by atoms with Crippen molar-refractivity contribution in [1.82, 2.24) is 4.90 Å². The van der Waals surface area contributed by atoms with Gasteiger partial charge in [-0.15, -0.1) is 0 Å². The van der Waals surface area contributed by atoms with Crippen molar-refractivity contribution in [1.29, 1.82) is 0 Å². The molecule has 6 aliphatic rings. The first kappa shape index (κ1) is 18.9. The van der Waals surface area contributed by atoms with Crippen LogP contribution in [0.3, 0.4) is 0 Å². The van der Waals surface area contributed by atoms with Crippen LogP contribution in [0.2, 0.25) is 0 Å². The van der Waals surface area contributed by atoms with E-state index in [1.165, 1.54) is 19.3 Å². The van der Waals surface area contributed by atoms with E-state index in [-0.39, 0.29) is 29.5 Å². The number of nitrogens with zero attached hydrogens (tertiary/aromatic N) is 1. The van der Waals surface area contributed by atoms with E-state index in [1.807, 2.05) is 25.7 Å². The third-order valence-corrected chi connectivity index (χ3v) is 8.06. The number of Topliss-reactive ketones (excluding diaryl/α,β-unsaturated/α-hetero) is 1. The lowest BCUT2D eigenvalue weighted by Crippen LogP contribution is -2.62. The Kier molecular flexibility index (Phi) is 4.35. The van der Waals surface area contributed by atoms with Gasteiger partial charge >= 0.3 is 6.09 Å². The third-order valence-electron chi connectivity index (χ3n) is 8.06. The molecule has 1 amide bonds. The molecular weight excluding hydrogens is 354 g/mol. The van der Waals surface area contributed by atoms with Gasteiger partial charge in [-0.1, -0.05) is 0 Å². The predicted octanol–water partition coefficient (Wildman–Crippen LogP) is 4.19. The Morgan fingerprint density at radius 2 is 1.39 bits per heavy atom. The lowest BCUT2D eigenvalue weighted by atomic mass is 9.47. The zero-order chi connectivity index (χ0) is 19.7. The van der Waals surface area contributed by atoms with Crippen molar-refractivity contribution in [3.8, 4) is 0 Å². The molecule has 6 rings (SSSR count). The Morgan fingerprint density at radius 3 is 1.86 bits per heavy atom. The summed E-state index contributed by atoms with van der Waals surface area (Å²) in [5.74, 6) is 3.00. The molecule has 2 unspecified atom stereocenters. The summed E-state index contributed by atoms with van der Waals surface area (Å²) in [6, 6.07) is -0.0459. The van der Waals surface area contributed by atoms with Gasteiger partial charge in [-0.25, -0.2) is 4.79 Å². The molecule has 0 aromatic heterocycles. The average molecular weight is 390 g/mol. The second kappa shape index (κ2) is 6.45. The largest absolute Gasteiger partial charge is 0.444 e. The van der Waals surface area contributed by atoms with Gasteiger partial charge < -0.3 is 9.47 Å². The summed E-state index contributed by atoms with van der Waals surface area (Å²) in [6.45, 7) is 6.77. The SMILES string of the molecule is CC(C)(C)OC(=O)N1C2COCC1CC(C(=O)C13CC4CC(CC(C4)C1)C3)C2. The van der Waals surface area contributed by atoms with Crippen LogP contribution in [0.15, 0.2) is 0 Å². The van der Waals surface area contributed by atoms with Gasteiger partial charge in [0.15, 0.2) is 0 Å². The fourth-order valence-electron chi connectivity index (χ4n) is 7.59. The minimum atomic E-state index is -0.502. The highest BCUT2D eigenvalue weighted by Gasteiger charge is 2.57. The van der Waals surface area contributed by atoms with E-state index in [0.29, 0.717) is 19.0 Å². The number of ether oxygens (including phenoxy) is 2. The fraction of sp³-hybridized carbons (Fsp3) is 0.913. The van der Waals surface area contributed by atoms with E-state index in [2.05, 4.69) is 0 Å². The van der Waals surface area contributed by atoms with Gasteiger partial charge in [-0.2, -0.15) is 0 Å². The molecule has 28 heavy (non-hydrogen) atoms. The molecule has 4 aliphatic carbocycles. The molecule has 5 nitrogen and oxygen atoms in total. The summed E-state index contributed by atoms with van der Waals surface area (Å²) in [5.41, 5.74) is -0.541. The van der Waals surface area contributed by atoms with E-state index in [4.69, 9.17) is 9.47 Å². The van der Waals surface area contributed by atoms with Crippen LogP contribution in [0.25, 0.3) is 0 Å². The smallest absolute Gasteiger partial charge is 0.410 e. The van der Waals surface area contributed by atoms with Gasteiger partial charge in [0.25, 0.3) is 0 Å². The minimum Gasteiger partial charge on any atom is -0.444 e. The molecule has 4 saturated carbocycles. The molecule has 0 aromatic rings. The summed E-state index contributed by atoms with van der Waals surface area (Å²) < 4.78 is 11.4. The number of hydrogen-bond acceptors (Lipinski definition) is 4. The Morgan fingerprint density at radius 1 is 0.893 bits per heavy atom. The van der Waals surface area contributed by atoms with Crippen molar-refractivity contribution in [2.75, 3.05) is 13.2 Å². The number of morpholine rings is 1. The summed E-state index contributed by atoms with van der Waals surface area (Å²) in [4.78, 5) is 28.5. The standard InChI is InChI=1S/C23H35NO4/c1-22(2,3)28-21(26)24-18-7-17(8-19(24)13-27-12-18)20(25)23-9-14-4-15(10-23)6-16(5-14)11-23/h14-19H,4-13H2,1-3H3. The molecule has 6 fully saturated rings. The van der Waals surface area contributed by atoms with Crippen molar-refractivity contribution in [3.05, 3.63) is 0 Å². The predicted molar refractivity (Wildman–Crippen MR) is 105 cm³/mol. The van der Waals surface area contributed by atoms with Crippen molar-refractivity contribution < 1.29 is 19.1 Å². The van der Waals surface area contributed by atoms with Gasteiger partial charge in [0.2, 0.25) is 0 Å². The second-order valence-corrected chi connectivity index (χ2v) is 11.5. The van der Waals surface area contributed by atoms with Crippen LogP contribution in [0.1, 0.15) is 72.1 Å². The first-order chi connectivity index (χ1) is 13.2. The zero-order valence-electron chi connectivity index (χ0n) is 17.6. The third kappa shape index (κ3) is 3.18. The lowest BCUT2D eigenvalue weighted by Gasteiger charge is -2.57. The number of piperidine rings is 1. The highest BCUT2D eigenvalue weighted by molar-refractivity contribution is 5.88. The normalized spacial score (nSPS) is 44.5. The number of hydrogen-bond donors (Lipinski definition) is 0. The van der Waals surface area contributed by atoms with E-state index < -0.39 is 5.60 Å². The molecular formula is C23H35NO4. The van der Waals surface area contributed by atoms with Crippen molar-refractivity contribution >= 4 is 11.9 Å². The second-order valence-electron chi connectivity index (χ2n) is 11.5. The number of carbonyl (C=O) groups is 2. The van der Waals surface area contributed by atoms with Gasteiger partial charge in [0.1, 0.15) is 11.4 Å². The topological polar surface area (TPSA) is 55.8 Å². The zero-order valence-corrected chi connectivity index (χ0v) is 17.6. The Hall–Kier alpha value is -1.10. The van der Waals surface area contributed by atoms with E-state index in [0.717, 1.165) is 49.9 Å². The Bertz CT molecular complexity index is 617. The van der Waals surface area contributed by atoms with Crippen LogP contribution in [0, 0.1) is 29.1 Å². The maximum atomic E-state index is 13.8. The summed E-state index contributed by atoms with van der Waals surface area (Å²) in [5, 5.41) is 0. The van der Waals surface area contributed by atoms with E-state index in [9.17, 15) is 9.59 Å². The van der Waals surface area contributed by atoms with Crippen LogP contribution in [-0.4, -0.2) is 47.7 Å².